The first-order chi connectivity index (χ1) is 6.79. The van der Waals surface area contributed by atoms with Crippen molar-refractivity contribution in [2.24, 2.45) is 16.8 Å². The highest BCUT2D eigenvalue weighted by Gasteiger charge is 2.27. The summed E-state index contributed by atoms with van der Waals surface area (Å²) in [5.74, 6) is 0.360. The van der Waals surface area contributed by atoms with Gasteiger partial charge in [0.05, 0.1) is 12.0 Å². The number of amidine groups is 1. The number of nitrogens with zero attached hydrogens (tertiary/aromatic N) is 1. The molecule has 2 unspecified atom stereocenters. The molecule has 0 bridgehead atoms. The van der Waals surface area contributed by atoms with Crippen molar-refractivity contribution in [1.82, 2.24) is 5.43 Å². The van der Waals surface area contributed by atoms with Crippen LogP contribution in [0.15, 0.2) is 35.4 Å². The summed E-state index contributed by atoms with van der Waals surface area (Å²) < 4.78 is 0. The lowest BCUT2D eigenvalue weighted by Gasteiger charge is -2.17. The summed E-state index contributed by atoms with van der Waals surface area (Å²) in [6.45, 7) is 0.599. The number of nitrogens with one attached hydrogen (secondary N) is 1. The van der Waals surface area contributed by atoms with Gasteiger partial charge in [-0.25, -0.2) is 0 Å². The van der Waals surface area contributed by atoms with Crippen LogP contribution in [0.2, 0.25) is 0 Å². The number of aliphatic hydroxyl groups excluding tert-OH is 1. The van der Waals surface area contributed by atoms with Crippen LogP contribution in [-0.4, -0.2) is 17.5 Å². The molecule has 4 nitrogen and oxygen atoms in total. The Balaban J connectivity index is 2.16. The van der Waals surface area contributed by atoms with Crippen molar-refractivity contribution in [1.29, 1.82) is 0 Å². The number of nitrogens with two attached hydrogens (primary N) is 1. The van der Waals surface area contributed by atoms with Gasteiger partial charge in [-0.2, -0.15) is 5.10 Å². The molecule has 1 aromatic carbocycles. The van der Waals surface area contributed by atoms with Crippen molar-refractivity contribution < 1.29 is 5.11 Å². The van der Waals surface area contributed by atoms with Crippen molar-refractivity contribution in [3.63, 3.8) is 0 Å². The molecule has 0 radical (unpaired) electrons. The Kier molecular flexibility index (Phi) is 2.37. The lowest BCUT2D eigenvalue weighted by Crippen LogP contribution is -2.28. The normalized spacial score (nSPS) is 22.6. The summed E-state index contributed by atoms with van der Waals surface area (Å²) in [5, 5.41) is 13.8. The van der Waals surface area contributed by atoms with Gasteiger partial charge in [0.2, 0.25) is 0 Å². The van der Waals surface area contributed by atoms with Gasteiger partial charge in [0.25, 0.3) is 0 Å². The standard InChI is InChI=1S/C10H13N3O/c11-10-8(6-12-13-10)9(14)7-4-2-1-3-5-7/h1-5,8-9,12,14H,6H2,(H2,11,13). The lowest BCUT2D eigenvalue weighted by atomic mass is 9.95. The van der Waals surface area contributed by atoms with Gasteiger partial charge < -0.3 is 16.3 Å². The maximum atomic E-state index is 9.99. The van der Waals surface area contributed by atoms with Gasteiger partial charge in [0.1, 0.15) is 5.84 Å². The van der Waals surface area contributed by atoms with Crippen LogP contribution in [0.1, 0.15) is 11.7 Å². The van der Waals surface area contributed by atoms with Crippen molar-refractivity contribution in [3.8, 4) is 0 Å². The maximum absolute atomic E-state index is 9.99. The Hall–Kier alpha value is -1.55. The predicted molar refractivity (Wildman–Crippen MR) is 54.5 cm³/mol. The Morgan fingerprint density at radius 3 is 2.71 bits per heavy atom. The Bertz CT molecular complexity index is 336. The van der Waals surface area contributed by atoms with E-state index in [1.807, 2.05) is 30.3 Å². The molecule has 1 aliphatic heterocycles. The highest BCUT2D eigenvalue weighted by atomic mass is 16.3. The molecule has 0 aromatic heterocycles. The van der Waals surface area contributed by atoms with E-state index in [1.54, 1.807) is 0 Å². The molecule has 0 amide bonds. The van der Waals surface area contributed by atoms with Crippen LogP contribution in [0.4, 0.5) is 0 Å². The van der Waals surface area contributed by atoms with E-state index in [9.17, 15) is 5.11 Å². The second kappa shape index (κ2) is 3.67. The van der Waals surface area contributed by atoms with Crippen LogP contribution in [-0.2, 0) is 0 Å². The molecule has 0 saturated heterocycles. The van der Waals surface area contributed by atoms with Crippen LogP contribution >= 0.6 is 0 Å². The highest BCUT2D eigenvalue weighted by Crippen LogP contribution is 2.23. The Morgan fingerprint density at radius 1 is 1.43 bits per heavy atom. The molecule has 0 spiro atoms. The second-order valence-corrected chi connectivity index (χ2v) is 3.36. The molecule has 2 atom stereocenters. The van der Waals surface area contributed by atoms with Crippen molar-refractivity contribution in [2.75, 3.05) is 6.54 Å². The number of rotatable bonds is 2. The van der Waals surface area contributed by atoms with Gasteiger partial charge in [-0.1, -0.05) is 30.3 Å². The fraction of sp³-hybridized carbons (Fsp3) is 0.300. The number of hydrazone groups is 1. The van der Waals surface area contributed by atoms with Crippen molar-refractivity contribution in [3.05, 3.63) is 35.9 Å². The van der Waals surface area contributed by atoms with Gasteiger partial charge in [0.15, 0.2) is 0 Å². The average Bonchev–Trinajstić information content (AvgIpc) is 2.65. The number of hydrogen-bond acceptors (Lipinski definition) is 4. The van der Waals surface area contributed by atoms with Gasteiger partial charge in [0, 0.05) is 6.54 Å². The minimum Gasteiger partial charge on any atom is -0.388 e. The van der Waals surface area contributed by atoms with Crippen LogP contribution in [0.3, 0.4) is 0 Å². The van der Waals surface area contributed by atoms with Crippen molar-refractivity contribution >= 4 is 5.84 Å². The van der Waals surface area contributed by atoms with E-state index < -0.39 is 6.10 Å². The minimum absolute atomic E-state index is 0.114. The van der Waals surface area contributed by atoms with Gasteiger partial charge in [-0.05, 0) is 5.56 Å². The Labute approximate surface area is 82.4 Å². The summed E-state index contributed by atoms with van der Waals surface area (Å²) in [7, 11) is 0. The quantitative estimate of drug-likeness (QED) is 0.626. The monoisotopic (exact) mass is 191 g/mol. The molecule has 14 heavy (non-hydrogen) atoms. The van der Waals surface area contributed by atoms with Crippen LogP contribution in [0.5, 0.6) is 0 Å². The summed E-state index contributed by atoms with van der Waals surface area (Å²) in [6, 6.07) is 9.48. The van der Waals surface area contributed by atoms with E-state index in [2.05, 4.69) is 10.5 Å². The van der Waals surface area contributed by atoms with Crippen LogP contribution in [0, 0.1) is 5.92 Å². The second-order valence-electron chi connectivity index (χ2n) is 3.36. The van der Waals surface area contributed by atoms with Gasteiger partial charge in [-0.15, -0.1) is 0 Å². The van der Waals surface area contributed by atoms with Crippen LogP contribution < -0.4 is 11.2 Å². The molecular formula is C10H13N3O. The molecule has 1 heterocycles. The summed E-state index contributed by atoms with van der Waals surface area (Å²) in [6.07, 6.45) is -0.574. The number of benzene rings is 1. The first kappa shape index (κ1) is 9.02. The largest absolute Gasteiger partial charge is 0.388 e. The van der Waals surface area contributed by atoms with E-state index in [0.29, 0.717) is 12.4 Å². The van der Waals surface area contributed by atoms with Gasteiger partial charge in [-0.3, -0.25) is 0 Å². The summed E-state index contributed by atoms with van der Waals surface area (Å²) >= 11 is 0. The molecule has 1 aromatic rings. The van der Waals surface area contributed by atoms with Crippen LogP contribution in [0.25, 0.3) is 0 Å². The molecular weight excluding hydrogens is 178 g/mol. The molecule has 2 rings (SSSR count). The van der Waals surface area contributed by atoms with Crippen molar-refractivity contribution in [2.45, 2.75) is 6.10 Å². The zero-order valence-corrected chi connectivity index (χ0v) is 7.72. The average molecular weight is 191 g/mol. The molecule has 0 fully saturated rings. The SMILES string of the molecule is NC1=NNCC1C(O)c1ccccc1. The molecule has 0 aliphatic carbocycles. The lowest BCUT2D eigenvalue weighted by molar-refractivity contribution is 0.143. The fourth-order valence-electron chi connectivity index (χ4n) is 1.58. The van der Waals surface area contributed by atoms with E-state index >= 15 is 0 Å². The topological polar surface area (TPSA) is 70.6 Å². The molecule has 74 valence electrons. The third-order valence-electron chi connectivity index (χ3n) is 2.42. The fourth-order valence-corrected chi connectivity index (χ4v) is 1.58. The molecule has 0 saturated carbocycles. The first-order valence-corrected chi connectivity index (χ1v) is 4.58. The zero-order chi connectivity index (χ0) is 9.97. The minimum atomic E-state index is -0.574. The van der Waals surface area contributed by atoms with E-state index in [1.165, 1.54) is 0 Å². The maximum Gasteiger partial charge on any atom is 0.127 e. The van der Waals surface area contributed by atoms with E-state index in [-0.39, 0.29) is 5.92 Å². The third-order valence-corrected chi connectivity index (χ3v) is 2.42. The molecule has 1 aliphatic rings. The highest BCUT2D eigenvalue weighted by molar-refractivity contribution is 5.84. The first-order valence-electron chi connectivity index (χ1n) is 4.58. The predicted octanol–water partition coefficient (Wildman–Crippen LogP) is 0.212. The molecule has 4 N–H and O–H groups in total. The zero-order valence-electron chi connectivity index (χ0n) is 7.72. The Morgan fingerprint density at radius 2 is 2.14 bits per heavy atom. The smallest absolute Gasteiger partial charge is 0.127 e. The number of aliphatic hydroxyl groups is 1. The van der Waals surface area contributed by atoms with Gasteiger partial charge >= 0.3 is 0 Å². The third kappa shape index (κ3) is 1.56. The summed E-state index contributed by atoms with van der Waals surface area (Å²) in [5.41, 5.74) is 9.29. The number of hydrogen-bond donors (Lipinski definition) is 3. The van der Waals surface area contributed by atoms with E-state index in [0.717, 1.165) is 5.56 Å². The summed E-state index contributed by atoms with van der Waals surface area (Å²) in [4.78, 5) is 0. The van der Waals surface area contributed by atoms with E-state index in [4.69, 9.17) is 5.73 Å². The molecule has 4 heteroatoms.